The van der Waals surface area contributed by atoms with Crippen molar-refractivity contribution in [3.8, 4) is 5.69 Å². The smallest absolute Gasteiger partial charge is 0.247 e. The Morgan fingerprint density at radius 1 is 1.33 bits per heavy atom. The molecule has 0 fully saturated rings. The first-order valence-electron chi connectivity index (χ1n) is 4.56. The Morgan fingerprint density at radius 2 is 2.00 bits per heavy atom. The first kappa shape index (κ1) is 13.7. The number of aromatic nitrogens is 3. The van der Waals surface area contributed by atoms with Gasteiger partial charge in [-0.2, -0.15) is 4.39 Å². The molecular formula is C9H5Cl3FN3OS. The maximum Gasteiger partial charge on any atom is 0.361 e. The van der Waals surface area contributed by atoms with Crippen molar-refractivity contribution in [2.45, 2.75) is 3.92 Å². The molecule has 2 aromatic rings. The molecular weight excluding hydrogens is 324 g/mol. The fourth-order valence-corrected chi connectivity index (χ4v) is 2.33. The Kier molecular flexibility index (Phi) is 3.91. The molecule has 0 saturated carbocycles. The fraction of sp³-hybridized carbons (Fsp3) is 0.111. The Bertz CT molecular complexity index is 622. The molecule has 0 aliphatic carbocycles. The van der Waals surface area contributed by atoms with Gasteiger partial charge in [0.2, 0.25) is 0 Å². The summed E-state index contributed by atoms with van der Waals surface area (Å²) < 4.78 is 12.3. The van der Waals surface area contributed by atoms with Gasteiger partial charge in [-0.25, -0.2) is 9.36 Å². The molecule has 0 N–H and O–H groups in total. The summed E-state index contributed by atoms with van der Waals surface area (Å²) in [5, 5.41) is 4.05. The largest absolute Gasteiger partial charge is 0.361 e. The highest BCUT2D eigenvalue weighted by Crippen LogP contribution is 2.35. The highest BCUT2D eigenvalue weighted by molar-refractivity contribution is 8.01. The Hall–Kier alpha value is -0.690. The lowest BCUT2D eigenvalue weighted by Gasteiger charge is -2.06. The second-order valence-corrected chi connectivity index (χ2v) is 6.33. The van der Waals surface area contributed by atoms with Crippen LogP contribution in [0.3, 0.4) is 0 Å². The van der Waals surface area contributed by atoms with E-state index in [2.05, 4.69) is 5.10 Å². The van der Waals surface area contributed by atoms with Gasteiger partial charge in [0.1, 0.15) is 6.33 Å². The summed E-state index contributed by atoms with van der Waals surface area (Å²) in [6, 6.07) is 6.68. The number of hydrogen-bond donors (Lipinski definition) is 0. The first-order chi connectivity index (χ1) is 8.38. The topological polar surface area (TPSA) is 39.8 Å². The number of hydrogen-bond acceptors (Lipinski definition) is 3. The molecule has 0 unspecified atom stereocenters. The van der Waals surface area contributed by atoms with Crippen molar-refractivity contribution in [3.05, 3.63) is 46.1 Å². The predicted molar refractivity (Wildman–Crippen MR) is 71.4 cm³/mol. The SMILES string of the molecule is O=c1n(-c2ccccc2Cl)cnn1SC(F)(Cl)Cl. The normalized spacial score (nSPS) is 11.8. The van der Waals surface area contributed by atoms with Gasteiger partial charge in [-0.15, -0.1) is 9.19 Å². The lowest BCUT2D eigenvalue weighted by Crippen LogP contribution is -2.22. The van der Waals surface area contributed by atoms with E-state index < -0.39 is 9.61 Å². The molecule has 1 heterocycles. The van der Waals surface area contributed by atoms with Crippen molar-refractivity contribution in [1.82, 2.24) is 13.8 Å². The molecule has 0 aliphatic rings. The van der Waals surface area contributed by atoms with Crippen LogP contribution in [-0.4, -0.2) is 17.7 Å². The molecule has 0 amide bonds. The van der Waals surface area contributed by atoms with E-state index in [0.717, 1.165) is 8.65 Å². The standard InChI is InChI=1S/C9H5Cl3FN3OS/c10-6-3-1-2-4-7(6)15-5-14-16(8(15)17)18-9(11,12)13/h1-5H. The van der Waals surface area contributed by atoms with Gasteiger partial charge in [0.15, 0.2) is 0 Å². The van der Waals surface area contributed by atoms with Crippen LogP contribution in [0.1, 0.15) is 0 Å². The number of para-hydroxylation sites is 1. The van der Waals surface area contributed by atoms with Crippen LogP contribution in [0.15, 0.2) is 35.4 Å². The molecule has 18 heavy (non-hydrogen) atoms. The maximum atomic E-state index is 13.0. The van der Waals surface area contributed by atoms with E-state index in [9.17, 15) is 9.18 Å². The summed E-state index contributed by atoms with van der Waals surface area (Å²) in [5.74, 6) is 0. The Labute approximate surface area is 120 Å². The molecule has 0 atom stereocenters. The van der Waals surface area contributed by atoms with Gasteiger partial charge in [0.05, 0.1) is 22.7 Å². The average Bonchev–Trinajstić information content (AvgIpc) is 2.59. The molecule has 1 aromatic carbocycles. The lowest BCUT2D eigenvalue weighted by molar-refractivity contribution is 0.513. The molecule has 1 aromatic heterocycles. The van der Waals surface area contributed by atoms with Gasteiger partial charge >= 0.3 is 9.61 Å². The minimum absolute atomic E-state index is 0.242. The van der Waals surface area contributed by atoms with Gasteiger partial charge in [-0.05, 0) is 12.1 Å². The summed E-state index contributed by atoms with van der Waals surface area (Å²) in [5.41, 5.74) is -0.180. The second kappa shape index (κ2) is 5.13. The third-order valence-corrected chi connectivity index (χ3v) is 3.31. The van der Waals surface area contributed by atoms with Gasteiger partial charge in [-0.3, -0.25) is 0 Å². The van der Waals surface area contributed by atoms with Crippen molar-refractivity contribution >= 4 is 46.8 Å². The van der Waals surface area contributed by atoms with Crippen molar-refractivity contribution in [1.29, 1.82) is 0 Å². The Morgan fingerprint density at radius 3 is 2.61 bits per heavy atom. The molecule has 0 aliphatic heterocycles. The molecule has 0 radical (unpaired) electrons. The predicted octanol–water partition coefficient (Wildman–Crippen LogP) is 3.24. The van der Waals surface area contributed by atoms with E-state index >= 15 is 0 Å². The zero-order chi connectivity index (χ0) is 13.3. The van der Waals surface area contributed by atoms with Crippen LogP contribution in [0.5, 0.6) is 0 Å². The van der Waals surface area contributed by atoms with Crippen molar-refractivity contribution in [2.24, 2.45) is 0 Å². The monoisotopic (exact) mass is 327 g/mol. The first-order valence-corrected chi connectivity index (χ1v) is 6.47. The number of alkyl halides is 3. The number of nitrogens with zero attached hydrogens (tertiary/aromatic N) is 3. The minimum Gasteiger partial charge on any atom is -0.247 e. The highest BCUT2D eigenvalue weighted by atomic mass is 35.5. The second-order valence-electron chi connectivity index (χ2n) is 3.14. The van der Waals surface area contributed by atoms with Crippen LogP contribution in [0.4, 0.5) is 4.39 Å². The highest BCUT2D eigenvalue weighted by Gasteiger charge is 2.27. The van der Waals surface area contributed by atoms with E-state index in [1.165, 1.54) is 6.33 Å². The zero-order valence-electron chi connectivity index (χ0n) is 8.56. The summed E-state index contributed by atoms with van der Waals surface area (Å²) in [6.45, 7) is 0. The van der Waals surface area contributed by atoms with Crippen LogP contribution >= 0.6 is 46.8 Å². The van der Waals surface area contributed by atoms with Crippen LogP contribution in [0.2, 0.25) is 5.02 Å². The van der Waals surface area contributed by atoms with E-state index in [1.807, 2.05) is 0 Å². The van der Waals surface area contributed by atoms with Crippen LogP contribution in [0, 0.1) is 0 Å². The molecule has 96 valence electrons. The molecule has 0 saturated heterocycles. The summed E-state index contributed by atoms with van der Waals surface area (Å²) in [6.07, 6.45) is 1.20. The number of halogens is 4. The van der Waals surface area contributed by atoms with E-state index in [4.69, 9.17) is 34.8 Å². The molecule has 2 rings (SSSR count). The third kappa shape index (κ3) is 3.00. The van der Waals surface area contributed by atoms with Crippen LogP contribution < -0.4 is 5.69 Å². The van der Waals surface area contributed by atoms with E-state index in [-0.39, 0.29) is 11.9 Å². The molecule has 9 heteroatoms. The fourth-order valence-electron chi connectivity index (χ4n) is 1.26. The van der Waals surface area contributed by atoms with E-state index in [1.54, 1.807) is 24.3 Å². The molecule has 0 spiro atoms. The zero-order valence-corrected chi connectivity index (χ0v) is 11.6. The van der Waals surface area contributed by atoms with Crippen LogP contribution in [-0.2, 0) is 0 Å². The van der Waals surface area contributed by atoms with E-state index in [0.29, 0.717) is 10.7 Å². The van der Waals surface area contributed by atoms with Crippen molar-refractivity contribution in [3.63, 3.8) is 0 Å². The van der Waals surface area contributed by atoms with Gasteiger partial charge in [-0.1, -0.05) is 46.9 Å². The van der Waals surface area contributed by atoms with Gasteiger partial charge in [0.25, 0.3) is 0 Å². The number of rotatable bonds is 3. The third-order valence-electron chi connectivity index (χ3n) is 1.94. The number of benzene rings is 1. The van der Waals surface area contributed by atoms with Gasteiger partial charge in [0, 0.05) is 0 Å². The Balaban J connectivity index is 2.44. The van der Waals surface area contributed by atoms with Crippen LogP contribution in [0.25, 0.3) is 5.69 Å². The van der Waals surface area contributed by atoms with Crippen molar-refractivity contribution < 1.29 is 4.39 Å². The molecule has 0 bridgehead atoms. The summed E-state index contributed by atoms with van der Waals surface area (Å²) >= 11 is 16.5. The summed E-state index contributed by atoms with van der Waals surface area (Å²) in [4.78, 5) is 11.9. The average molecular weight is 329 g/mol. The van der Waals surface area contributed by atoms with Gasteiger partial charge < -0.3 is 0 Å². The lowest BCUT2D eigenvalue weighted by atomic mass is 10.3. The minimum atomic E-state index is -2.64. The quantitative estimate of drug-likeness (QED) is 0.812. The maximum absolute atomic E-state index is 13.0. The molecule has 4 nitrogen and oxygen atoms in total. The van der Waals surface area contributed by atoms with Crippen molar-refractivity contribution in [2.75, 3.05) is 0 Å². The summed E-state index contributed by atoms with van der Waals surface area (Å²) in [7, 11) is 0.